The van der Waals surface area contributed by atoms with Gasteiger partial charge in [-0.15, -0.1) is 11.3 Å². The van der Waals surface area contributed by atoms with Gasteiger partial charge in [-0.05, 0) is 36.1 Å². The molecule has 1 aromatic carbocycles. The maximum atomic E-state index is 12.5. The first-order valence-electron chi connectivity index (χ1n) is 6.87. The van der Waals surface area contributed by atoms with E-state index in [2.05, 4.69) is 0 Å². The van der Waals surface area contributed by atoms with Crippen LogP contribution in [0.3, 0.4) is 0 Å². The largest absolute Gasteiger partial charge is 0.451 e. The van der Waals surface area contributed by atoms with Gasteiger partial charge in [-0.3, -0.25) is 9.59 Å². The van der Waals surface area contributed by atoms with Crippen LogP contribution in [0.4, 0.5) is 0 Å². The van der Waals surface area contributed by atoms with Crippen molar-refractivity contribution in [3.63, 3.8) is 0 Å². The molecule has 112 valence electrons. The fraction of sp³-hybridized carbons (Fsp3) is 0.176. The summed E-state index contributed by atoms with van der Waals surface area (Å²) in [6.45, 7) is 2.51. The Balaban J connectivity index is 1.91. The van der Waals surface area contributed by atoms with Crippen LogP contribution in [-0.2, 0) is 6.54 Å². The molecule has 0 atom stereocenters. The van der Waals surface area contributed by atoms with E-state index in [4.69, 9.17) is 4.42 Å². The van der Waals surface area contributed by atoms with Crippen LogP contribution < -0.4 is 5.43 Å². The van der Waals surface area contributed by atoms with Crippen LogP contribution in [0.5, 0.6) is 0 Å². The SMILES string of the molecule is Cc1ccsc1CN(C)C(=O)c1cc(=O)c2ccccc2o1. The third-order valence-corrected chi connectivity index (χ3v) is 4.55. The minimum absolute atomic E-state index is 0.0698. The molecule has 3 rings (SSSR count). The molecule has 22 heavy (non-hydrogen) atoms. The van der Waals surface area contributed by atoms with Gasteiger partial charge in [-0.1, -0.05) is 12.1 Å². The number of amides is 1. The molecule has 2 aromatic heterocycles. The van der Waals surface area contributed by atoms with Crippen LogP contribution in [0.1, 0.15) is 21.0 Å². The number of thiophene rings is 1. The first kappa shape index (κ1) is 14.5. The van der Waals surface area contributed by atoms with Gasteiger partial charge in [0.1, 0.15) is 5.58 Å². The van der Waals surface area contributed by atoms with Crippen LogP contribution >= 0.6 is 11.3 Å². The minimum Gasteiger partial charge on any atom is -0.451 e. The van der Waals surface area contributed by atoms with Crippen molar-refractivity contribution in [3.05, 3.63) is 68.2 Å². The Labute approximate surface area is 131 Å². The van der Waals surface area contributed by atoms with Gasteiger partial charge < -0.3 is 9.32 Å². The monoisotopic (exact) mass is 313 g/mol. The van der Waals surface area contributed by atoms with E-state index in [0.29, 0.717) is 17.5 Å². The fourth-order valence-electron chi connectivity index (χ4n) is 2.25. The molecular weight excluding hydrogens is 298 g/mol. The van der Waals surface area contributed by atoms with Crippen molar-refractivity contribution in [2.24, 2.45) is 0 Å². The van der Waals surface area contributed by atoms with E-state index in [1.165, 1.54) is 6.07 Å². The average molecular weight is 313 g/mol. The molecule has 0 aliphatic rings. The van der Waals surface area contributed by atoms with E-state index < -0.39 is 0 Å². The maximum Gasteiger partial charge on any atom is 0.289 e. The van der Waals surface area contributed by atoms with Crippen LogP contribution in [0.25, 0.3) is 11.0 Å². The molecule has 0 radical (unpaired) electrons. The van der Waals surface area contributed by atoms with Gasteiger partial charge in [-0.25, -0.2) is 0 Å². The summed E-state index contributed by atoms with van der Waals surface area (Å²) < 4.78 is 5.59. The first-order valence-corrected chi connectivity index (χ1v) is 7.75. The van der Waals surface area contributed by atoms with E-state index in [-0.39, 0.29) is 17.1 Å². The van der Waals surface area contributed by atoms with E-state index in [0.717, 1.165) is 10.4 Å². The molecule has 1 amide bonds. The van der Waals surface area contributed by atoms with Gasteiger partial charge in [0.2, 0.25) is 0 Å². The number of rotatable bonds is 3. The van der Waals surface area contributed by atoms with Crippen molar-refractivity contribution >= 4 is 28.2 Å². The van der Waals surface area contributed by atoms with Crippen LogP contribution in [0, 0.1) is 6.92 Å². The number of hydrogen-bond donors (Lipinski definition) is 0. The summed E-state index contributed by atoms with van der Waals surface area (Å²) >= 11 is 1.61. The normalized spacial score (nSPS) is 10.8. The molecule has 0 aliphatic carbocycles. The Hall–Kier alpha value is -2.40. The predicted octanol–water partition coefficient (Wildman–Crippen LogP) is 3.44. The number of carbonyl (C=O) groups excluding carboxylic acids is 1. The molecule has 0 unspecified atom stereocenters. The molecule has 5 heteroatoms. The molecule has 0 spiro atoms. The summed E-state index contributed by atoms with van der Waals surface area (Å²) in [4.78, 5) is 27.2. The van der Waals surface area contributed by atoms with Crippen molar-refractivity contribution in [1.29, 1.82) is 0 Å². The van der Waals surface area contributed by atoms with E-state index in [9.17, 15) is 9.59 Å². The molecule has 2 heterocycles. The zero-order valence-electron chi connectivity index (χ0n) is 12.3. The number of carbonyl (C=O) groups is 1. The van der Waals surface area contributed by atoms with Crippen molar-refractivity contribution in [2.75, 3.05) is 7.05 Å². The van der Waals surface area contributed by atoms with Crippen LogP contribution in [-0.4, -0.2) is 17.9 Å². The second-order valence-corrected chi connectivity index (χ2v) is 6.16. The Bertz CT molecular complexity index is 894. The number of fused-ring (bicyclic) bond motifs is 1. The van der Waals surface area contributed by atoms with Crippen molar-refractivity contribution < 1.29 is 9.21 Å². The summed E-state index contributed by atoms with van der Waals surface area (Å²) in [6, 6.07) is 10.2. The highest BCUT2D eigenvalue weighted by Crippen LogP contribution is 2.19. The van der Waals surface area contributed by atoms with Gasteiger partial charge in [0.05, 0.1) is 11.9 Å². The molecular formula is C17H15NO3S. The van der Waals surface area contributed by atoms with Crippen LogP contribution in [0.2, 0.25) is 0 Å². The molecule has 0 N–H and O–H groups in total. The molecule has 0 saturated heterocycles. The van der Waals surface area contributed by atoms with E-state index >= 15 is 0 Å². The minimum atomic E-state index is -0.296. The fourth-order valence-corrected chi connectivity index (χ4v) is 3.21. The van der Waals surface area contributed by atoms with Crippen LogP contribution in [0.15, 0.2) is 51.0 Å². The van der Waals surface area contributed by atoms with Crippen molar-refractivity contribution in [1.82, 2.24) is 4.90 Å². The lowest BCUT2D eigenvalue weighted by Gasteiger charge is -2.16. The third kappa shape index (κ3) is 2.67. The Morgan fingerprint density at radius 1 is 1.27 bits per heavy atom. The average Bonchev–Trinajstić information content (AvgIpc) is 2.91. The summed E-state index contributed by atoms with van der Waals surface area (Å²) in [5.74, 6) is -0.226. The topological polar surface area (TPSA) is 50.5 Å². The van der Waals surface area contributed by atoms with Gasteiger partial charge >= 0.3 is 0 Å². The number of nitrogens with zero attached hydrogens (tertiary/aromatic N) is 1. The molecule has 3 aromatic rings. The van der Waals surface area contributed by atoms with Gasteiger partial charge in [0.25, 0.3) is 5.91 Å². The quantitative estimate of drug-likeness (QED) is 0.744. The summed E-state index contributed by atoms with van der Waals surface area (Å²) in [7, 11) is 1.71. The summed E-state index contributed by atoms with van der Waals surface area (Å²) in [5, 5.41) is 2.48. The molecule has 0 saturated carbocycles. The van der Waals surface area contributed by atoms with Gasteiger partial charge in [-0.2, -0.15) is 0 Å². The number of hydrogen-bond acceptors (Lipinski definition) is 4. The summed E-state index contributed by atoms with van der Waals surface area (Å²) in [5.41, 5.74) is 1.38. The molecule has 0 fully saturated rings. The number of aryl methyl sites for hydroxylation is 1. The highest BCUT2D eigenvalue weighted by molar-refractivity contribution is 7.10. The lowest BCUT2D eigenvalue weighted by Crippen LogP contribution is -2.27. The second-order valence-electron chi connectivity index (χ2n) is 5.16. The van der Waals surface area contributed by atoms with Gasteiger partial charge in [0.15, 0.2) is 11.2 Å². The maximum absolute atomic E-state index is 12.5. The number of benzene rings is 1. The zero-order chi connectivity index (χ0) is 15.7. The smallest absolute Gasteiger partial charge is 0.289 e. The third-order valence-electron chi connectivity index (χ3n) is 3.54. The lowest BCUT2D eigenvalue weighted by atomic mass is 10.2. The van der Waals surface area contributed by atoms with Gasteiger partial charge in [0, 0.05) is 18.0 Å². The predicted molar refractivity (Wildman–Crippen MR) is 87.3 cm³/mol. The van der Waals surface area contributed by atoms with Crippen molar-refractivity contribution in [2.45, 2.75) is 13.5 Å². The molecule has 4 nitrogen and oxygen atoms in total. The number of para-hydroxylation sites is 1. The Morgan fingerprint density at radius 3 is 2.77 bits per heavy atom. The zero-order valence-corrected chi connectivity index (χ0v) is 13.1. The Morgan fingerprint density at radius 2 is 2.05 bits per heavy atom. The lowest BCUT2D eigenvalue weighted by molar-refractivity contribution is 0.0755. The van der Waals surface area contributed by atoms with E-state index in [1.54, 1.807) is 47.5 Å². The standard InChI is InChI=1S/C17H15NO3S/c1-11-7-8-22-16(11)10-18(2)17(20)15-9-13(19)12-5-3-4-6-14(12)21-15/h3-9H,10H2,1-2H3. The molecule has 0 bridgehead atoms. The first-order chi connectivity index (χ1) is 10.6. The molecule has 0 aliphatic heterocycles. The highest BCUT2D eigenvalue weighted by atomic mass is 32.1. The second kappa shape index (κ2) is 5.77. The summed E-state index contributed by atoms with van der Waals surface area (Å²) in [6.07, 6.45) is 0. The van der Waals surface area contributed by atoms with E-state index in [1.807, 2.05) is 18.4 Å². The van der Waals surface area contributed by atoms with Crippen molar-refractivity contribution in [3.8, 4) is 0 Å². The highest BCUT2D eigenvalue weighted by Gasteiger charge is 2.17. The Kier molecular flexibility index (Phi) is 3.81.